The molecule has 1 unspecified atom stereocenters. The van der Waals surface area contributed by atoms with E-state index >= 15 is 0 Å². The van der Waals surface area contributed by atoms with Crippen LogP contribution in [0.4, 0.5) is 0 Å². The molecule has 2 heteroatoms. The Morgan fingerprint density at radius 2 is 1.83 bits per heavy atom. The van der Waals surface area contributed by atoms with Crippen LogP contribution in [0.3, 0.4) is 0 Å². The molecule has 1 aromatic carbocycles. The Morgan fingerprint density at radius 3 is 2.33 bits per heavy atom. The average Bonchev–Trinajstić information content (AvgIpc) is 3.15. The summed E-state index contributed by atoms with van der Waals surface area (Å²) in [7, 11) is 0. The summed E-state index contributed by atoms with van der Waals surface area (Å²) in [6.07, 6.45) is 2.38. The summed E-state index contributed by atoms with van der Waals surface area (Å²) in [5.41, 5.74) is 11.5. The zero-order chi connectivity index (χ0) is 13.1. The Balaban J connectivity index is 2.18. The topological polar surface area (TPSA) is 38.0 Å². The number of rotatable bonds is 5. The molecule has 1 fully saturated rings. The maximum atomic E-state index is 6.32. The molecular weight excluding hydrogens is 220 g/mol. The van der Waals surface area contributed by atoms with Crippen molar-refractivity contribution < 1.29 is 0 Å². The first-order valence-corrected chi connectivity index (χ1v) is 6.85. The zero-order valence-electron chi connectivity index (χ0n) is 11.7. The first-order chi connectivity index (χ1) is 8.58. The maximum Gasteiger partial charge on any atom is 0.0359 e. The number of hydrogen-bond acceptors (Lipinski definition) is 2. The van der Waals surface area contributed by atoms with Crippen molar-refractivity contribution in [3.05, 3.63) is 46.7 Å². The lowest BCUT2D eigenvalue weighted by Gasteiger charge is -2.20. The highest BCUT2D eigenvalue weighted by atomic mass is 14.9. The van der Waals surface area contributed by atoms with Gasteiger partial charge >= 0.3 is 0 Å². The molecule has 98 valence electrons. The lowest BCUT2D eigenvalue weighted by molar-refractivity contribution is 0.555. The fraction of sp³-hybridized carbons (Fsp3) is 0.500. The monoisotopic (exact) mass is 244 g/mol. The molecule has 1 atom stereocenters. The van der Waals surface area contributed by atoms with Crippen molar-refractivity contribution in [1.82, 2.24) is 5.32 Å². The molecule has 3 N–H and O–H groups in total. The summed E-state index contributed by atoms with van der Waals surface area (Å²) >= 11 is 0. The van der Waals surface area contributed by atoms with E-state index in [0.29, 0.717) is 12.0 Å². The predicted molar refractivity (Wildman–Crippen MR) is 77.5 cm³/mol. The molecule has 0 bridgehead atoms. The summed E-state index contributed by atoms with van der Waals surface area (Å²) in [6, 6.07) is 9.25. The maximum absolute atomic E-state index is 6.32. The van der Waals surface area contributed by atoms with Crippen LogP contribution in [0.2, 0.25) is 0 Å². The minimum absolute atomic E-state index is 0.325. The van der Waals surface area contributed by atoms with Crippen LogP contribution in [-0.2, 0) is 0 Å². The highest BCUT2D eigenvalue weighted by Crippen LogP contribution is 2.35. The van der Waals surface area contributed by atoms with Crippen molar-refractivity contribution in [2.75, 3.05) is 6.54 Å². The van der Waals surface area contributed by atoms with E-state index in [0.717, 1.165) is 12.2 Å². The second kappa shape index (κ2) is 5.57. The SMILES string of the molecule is Cc1ccc(C(CNC(C)C)C(N)=C2CC2)cc1. The van der Waals surface area contributed by atoms with Gasteiger partial charge in [0.25, 0.3) is 0 Å². The van der Waals surface area contributed by atoms with Crippen molar-refractivity contribution in [3.63, 3.8) is 0 Å². The molecule has 2 rings (SSSR count). The second-order valence-electron chi connectivity index (χ2n) is 5.59. The van der Waals surface area contributed by atoms with Gasteiger partial charge in [-0.3, -0.25) is 0 Å². The fourth-order valence-corrected chi connectivity index (χ4v) is 2.16. The van der Waals surface area contributed by atoms with E-state index in [1.165, 1.54) is 29.5 Å². The van der Waals surface area contributed by atoms with Crippen LogP contribution < -0.4 is 11.1 Å². The molecule has 0 heterocycles. The summed E-state index contributed by atoms with van der Waals surface area (Å²) in [5.74, 6) is 0.325. The van der Waals surface area contributed by atoms with Gasteiger partial charge in [-0.25, -0.2) is 0 Å². The van der Waals surface area contributed by atoms with Gasteiger partial charge in [0.1, 0.15) is 0 Å². The summed E-state index contributed by atoms with van der Waals surface area (Å²) in [6.45, 7) is 7.39. The highest BCUT2D eigenvalue weighted by molar-refractivity contribution is 5.36. The van der Waals surface area contributed by atoms with E-state index in [1.54, 1.807) is 0 Å². The molecule has 18 heavy (non-hydrogen) atoms. The summed E-state index contributed by atoms with van der Waals surface area (Å²) in [4.78, 5) is 0. The molecule has 0 radical (unpaired) electrons. The number of aryl methyl sites for hydroxylation is 1. The molecule has 0 aromatic heterocycles. The zero-order valence-corrected chi connectivity index (χ0v) is 11.7. The van der Waals surface area contributed by atoms with Crippen LogP contribution in [0.15, 0.2) is 35.5 Å². The molecule has 0 spiro atoms. The predicted octanol–water partition coefficient (Wildman–Crippen LogP) is 3.08. The number of benzene rings is 1. The lowest BCUT2D eigenvalue weighted by atomic mass is 9.94. The van der Waals surface area contributed by atoms with E-state index in [-0.39, 0.29) is 0 Å². The van der Waals surface area contributed by atoms with Crippen molar-refractivity contribution >= 4 is 0 Å². The number of nitrogens with one attached hydrogen (secondary N) is 1. The van der Waals surface area contributed by atoms with Crippen LogP contribution in [0.25, 0.3) is 0 Å². The molecule has 0 saturated heterocycles. The van der Waals surface area contributed by atoms with Gasteiger partial charge < -0.3 is 11.1 Å². The third-order valence-electron chi connectivity index (χ3n) is 3.49. The van der Waals surface area contributed by atoms with Gasteiger partial charge in [-0.1, -0.05) is 49.2 Å². The third kappa shape index (κ3) is 3.36. The van der Waals surface area contributed by atoms with Gasteiger partial charge in [-0.05, 0) is 25.3 Å². The molecule has 1 aromatic rings. The van der Waals surface area contributed by atoms with Gasteiger partial charge in [-0.2, -0.15) is 0 Å². The molecule has 0 amide bonds. The highest BCUT2D eigenvalue weighted by Gasteiger charge is 2.23. The lowest BCUT2D eigenvalue weighted by Crippen LogP contribution is -2.30. The van der Waals surface area contributed by atoms with E-state index in [4.69, 9.17) is 5.73 Å². The molecule has 1 saturated carbocycles. The summed E-state index contributed by atoms with van der Waals surface area (Å²) in [5, 5.41) is 3.51. The minimum Gasteiger partial charge on any atom is -0.402 e. The van der Waals surface area contributed by atoms with Gasteiger partial charge in [-0.15, -0.1) is 0 Å². The molecule has 1 aliphatic carbocycles. The van der Waals surface area contributed by atoms with E-state index in [2.05, 4.69) is 50.4 Å². The fourth-order valence-electron chi connectivity index (χ4n) is 2.16. The Kier molecular flexibility index (Phi) is 4.07. The Labute approximate surface area is 110 Å². The molecular formula is C16H24N2. The van der Waals surface area contributed by atoms with Gasteiger partial charge in [0.2, 0.25) is 0 Å². The Hall–Kier alpha value is -1.28. The standard InChI is InChI=1S/C16H24N2/c1-11(2)18-10-15(16(17)14-8-9-14)13-6-4-12(3)5-7-13/h4-7,11,15,18H,8-10,17H2,1-3H3. The Morgan fingerprint density at radius 1 is 1.22 bits per heavy atom. The van der Waals surface area contributed by atoms with E-state index < -0.39 is 0 Å². The van der Waals surface area contributed by atoms with E-state index in [9.17, 15) is 0 Å². The first kappa shape index (κ1) is 13.2. The van der Waals surface area contributed by atoms with Crippen LogP contribution in [0.5, 0.6) is 0 Å². The van der Waals surface area contributed by atoms with E-state index in [1.807, 2.05) is 0 Å². The Bertz CT molecular complexity index is 423. The first-order valence-electron chi connectivity index (χ1n) is 6.85. The third-order valence-corrected chi connectivity index (χ3v) is 3.49. The quantitative estimate of drug-likeness (QED) is 0.835. The van der Waals surface area contributed by atoms with Crippen LogP contribution in [-0.4, -0.2) is 12.6 Å². The molecule has 1 aliphatic rings. The molecule has 2 nitrogen and oxygen atoms in total. The average molecular weight is 244 g/mol. The van der Waals surface area contributed by atoms with Gasteiger partial charge in [0, 0.05) is 24.2 Å². The van der Waals surface area contributed by atoms with Crippen molar-refractivity contribution in [1.29, 1.82) is 0 Å². The smallest absolute Gasteiger partial charge is 0.0359 e. The van der Waals surface area contributed by atoms with Gasteiger partial charge in [0.05, 0.1) is 0 Å². The number of hydrogen-bond donors (Lipinski definition) is 2. The number of allylic oxidation sites excluding steroid dienone is 1. The van der Waals surface area contributed by atoms with Crippen LogP contribution in [0, 0.1) is 6.92 Å². The van der Waals surface area contributed by atoms with Crippen LogP contribution in [0.1, 0.15) is 43.7 Å². The van der Waals surface area contributed by atoms with Gasteiger partial charge in [0.15, 0.2) is 0 Å². The largest absolute Gasteiger partial charge is 0.402 e. The van der Waals surface area contributed by atoms with Crippen molar-refractivity contribution in [3.8, 4) is 0 Å². The minimum atomic E-state index is 0.325. The van der Waals surface area contributed by atoms with Crippen LogP contribution >= 0.6 is 0 Å². The second-order valence-corrected chi connectivity index (χ2v) is 5.59. The number of nitrogens with two attached hydrogens (primary N) is 1. The van der Waals surface area contributed by atoms with Crippen molar-refractivity contribution in [2.45, 2.75) is 45.6 Å². The summed E-state index contributed by atoms with van der Waals surface area (Å²) < 4.78 is 0. The van der Waals surface area contributed by atoms with Crippen molar-refractivity contribution in [2.24, 2.45) is 5.73 Å². The normalized spacial score (nSPS) is 15.9. The molecule has 0 aliphatic heterocycles.